The van der Waals surface area contributed by atoms with Crippen molar-refractivity contribution < 1.29 is 13.9 Å². The molecule has 4 nitrogen and oxygen atoms in total. The average Bonchev–Trinajstić information content (AvgIpc) is 2.95. The zero-order chi connectivity index (χ0) is 16.2. The smallest absolute Gasteiger partial charge is 0.258 e. The first-order chi connectivity index (χ1) is 10.4. The third-order valence-electron chi connectivity index (χ3n) is 3.34. The first kappa shape index (κ1) is 16.1. The Morgan fingerprint density at radius 1 is 1.27 bits per heavy atom. The van der Waals surface area contributed by atoms with Gasteiger partial charge in [0, 0.05) is 0 Å². The summed E-state index contributed by atoms with van der Waals surface area (Å²) in [6.45, 7) is 8.75. The zero-order valence-corrected chi connectivity index (χ0v) is 13.6. The van der Waals surface area contributed by atoms with Crippen LogP contribution in [0.15, 0.2) is 41.0 Å². The highest BCUT2D eigenvalue weighted by atomic mass is 16.5. The van der Waals surface area contributed by atoms with Crippen LogP contribution in [-0.2, 0) is 16.8 Å². The number of aryl methyl sites for hydroxylation is 1. The van der Waals surface area contributed by atoms with Gasteiger partial charge < -0.3 is 14.5 Å². The molecule has 0 unspecified atom stereocenters. The molecule has 0 aliphatic carbocycles. The topological polar surface area (TPSA) is 51.5 Å². The van der Waals surface area contributed by atoms with E-state index in [4.69, 9.17) is 9.15 Å². The summed E-state index contributed by atoms with van der Waals surface area (Å²) in [6.07, 6.45) is 1.58. The van der Waals surface area contributed by atoms with Crippen LogP contribution in [-0.4, -0.2) is 12.5 Å². The Morgan fingerprint density at radius 2 is 2.05 bits per heavy atom. The molecule has 118 valence electrons. The minimum absolute atomic E-state index is 0.00670. The third kappa shape index (κ3) is 4.38. The van der Waals surface area contributed by atoms with Crippen LogP contribution in [0.2, 0.25) is 0 Å². The normalized spacial score (nSPS) is 11.3. The van der Waals surface area contributed by atoms with Gasteiger partial charge in [0.2, 0.25) is 0 Å². The Balaban J connectivity index is 1.96. The molecule has 1 N–H and O–H groups in total. The van der Waals surface area contributed by atoms with E-state index in [1.807, 2.05) is 19.1 Å². The molecule has 0 aliphatic rings. The molecule has 2 rings (SSSR count). The van der Waals surface area contributed by atoms with Gasteiger partial charge in [0.15, 0.2) is 6.61 Å². The van der Waals surface area contributed by atoms with E-state index in [9.17, 15) is 4.79 Å². The molecule has 1 aromatic heterocycles. The van der Waals surface area contributed by atoms with Gasteiger partial charge in [0.05, 0.1) is 12.8 Å². The summed E-state index contributed by atoms with van der Waals surface area (Å²) < 4.78 is 10.9. The Morgan fingerprint density at radius 3 is 2.68 bits per heavy atom. The van der Waals surface area contributed by atoms with Crippen molar-refractivity contribution in [2.24, 2.45) is 0 Å². The summed E-state index contributed by atoms with van der Waals surface area (Å²) in [4.78, 5) is 11.9. The fourth-order valence-electron chi connectivity index (χ4n) is 2.16. The van der Waals surface area contributed by atoms with Gasteiger partial charge in [-0.1, -0.05) is 32.9 Å². The summed E-state index contributed by atoms with van der Waals surface area (Å²) in [5, 5.41) is 2.77. The van der Waals surface area contributed by atoms with Crippen LogP contribution >= 0.6 is 0 Å². The third-order valence-corrected chi connectivity index (χ3v) is 3.34. The summed E-state index contributed by atoms with van der Waals surface area (Å²) in [6, 6.07) is 9.70. The first-order valence-electron chi connectivity index (χ1n) is 7.39. The van der Waals surface area contributed by atoms with Gasteiger partial charge in [-0.05, 0) is 41.7 Å². The molecule has 0 fully saturated rings. The van der Waals surface area contributed by atoms with Gasteiger partial charge in [-0.3, -0.25) is 4.79 Å². The van der Waals surface area contributed by atoms with Gasteiger partial charge in [-0.15, -0.1) is 0 Å². The van der Waals surface area contributed by atoms with Crippen molar-refractivity contribution in [1.29, 1.82) is 0 Å². The van der Waals surface area contributed by atoms with Crippen LogP contribution < -0.4 is 10.1 Å². The second kappa shape index (κ2) is 6.69. The van der Waals surface area contributed by atoms with Gasteiger partial charge in [-0.2, -0.15) is 0 Å². The largest absolute Gasteiger partial charge is 0.483 e. The van der Waals surface area contributed by atoms with E-state index < -0.39 is 0 Å². The lowest BCUT2D eigenvalue weighted by molar-refractivity contribution is -0.123. The quantitative estimate of drug-likeness (QED) is 0.918. The Hall–Kier alpha value is -2.23. The molecular formula is C18H23NO3. The zero-order valence-electron chi connectivity index (χ0n) is 13.6. The van der Waals surface area contributed by atoms with E-state index in [1.165, 1.54) is 0 Å². The second-order valence-electron chi connectivity index (χ2n) is 6.39. The number of furan rings is 1. The van der Waals surface area contributed by atoms with Crippen LogP contribution in [0, 0.1) is 6.92 Å². The second-order valence-corrected chi connectivity index (χ2v) is 6.39. The lowest BCUT2D eigenvalue weighted by Crippen LogP contribution is -2.28. The van der Waals surface area contributed by atoms with E-state index in [0.29, 0.717) is 6.54 Å². The molecule has 0 aliphatic heterocycles. The van der Waals surface area contributed by atoms with Crippen molar-refractivity contribution in [2.75, 3.05) is 6.61 Å². The predicted molar refractivity (Wildman–Crippen MR) is 85.9 cm³/mol. The van der Waals surface area contributed by atoms with Crippen LogP contribution in [0.25, 0.3) is 0 Å². The van der Waals surface area contributed by atoms with E-state index >= 15 is 0 Å². The van der Waals surface area contributed by atoms with Gasteiger partial charge >= 0.3 is 0 Å². The van der Waals surface area contributed by atoms with Crippen LogP contribution in [0.5, 0.6) is 5.75 Å². The van der Waals surface area contributed by atoms with Crippen molar-refractivity contribution in [1.82, 2.24) is 5.32 Å². The first-order valence-corrected chi connectivity index (χ1v) is 7.39. The maximum atomic E-state index is 11.9. The van der Waals surface area contributed by atoms with Crippen LogP contribution in [0.1, 0.15) is 37.7 Å². The minimum atomic E-state index is -0.169. The lowest BCUT2D eigenvalue weighted by atomic mass is 9.86. The van der Waals surface area contributed by atoms with Crippen molar-refractivity contribution in [3.8, 4) is 5.75 Å². The Kier molecular flexibility index (Phi) is 4.91. The number of hydrogen-bond acceptors (Lipinski definition) is 3. The molecule has 22 heavy (non-hydrogen) atoms. The summed E-state index contributed by atoms with van der Waals surface area (Å²) >= 11 is 0. The SMILES string of the molecule is Cc1ccc(C(C)(C)C)c(OCC(=O)NCc2ccco2)c1. The molecule has 1 amide bonds. The number of benzene rings is 1. The maximum Gasteiger partial charge on any atom is 0.258 e. The van der Waals surface area contributed by atoms with Crippen molar-refractivity contribution >= 4 is 5.91 Å². The molecule has 2 aromatic rings. The molecule has 0 bridgehead atoms. The maximum absolute atomic E-state index is 11.9. The van der Waals surface area contributed by atoms with Gasteiger partial charge in [0.25, 0.3) is 5.91 Å². The van der Waals surface area contributed by atoms with Crippen LogP contribution in [0.4, 0.5) is 0 Å². The molecule has 0 radical (unpaired) electrons. The number of amides is 1. The average molecular weight is 301 g/mol. The van der Waals surface area contributed by atoms with Gasteiger partial charge in [0.1, 0.15) is 11.5 Å². The number of carbonyl (C=O) groups excluding carboxylic acids is 1. The molecule has 0 saturated heterocycles. The van der Waals surface area contributed by atoms with E-state index in [2.05, 4.69) is 38.2 Å². The molecule has 1 aromatic carbocycles. The van der Waals surface area contributed by atoms with E-state index in [1.54, 1.807) is 12.3 Å². The molecule has 1 heterocycles. The van der Waals surface area contributed by atoms with E-state index in [-0.39, 0.29) is 17.9 Å². The number of rotatable bonds is 5. The Labute approximate surface area is 131 Å². The summed E-state index contributed by atoms with van der Waals surface area (Å²) in [5.74, 6) is 1.32. The summed E-state index contributed by atoms with van der Waals surface area (Å²) in [7, 11) is 0. The van der Waals surface area contributed by atoms with Crippen molar-refractivity contribution in [2.45, 2.75) is 39.7 Å². The van der Waals surface area contributed by atoms with Gasteiger partial charge in [-0.25, -0.2) is 0 Å². The van der Waals surface area contributed by atoms with Crippen LogP contribution in [0.3, 0.4) is 0 Å². The monoisotopic (exact) mass is 301 g/mol. The summed E-state index contributed by atoms with van der Waals surface area (Å²) in [5.41, 5.74) is 2.17. The molecule has 0 atom stereocenters. The molecular weight excluding hydrogens is 278 g/mol. The van der Waals surface area contributed by atoms with E-state index in [0.717, 1.165) is 22.6 Å². The van der Waals surface area contributed by atoms with Crippen molar-refractivity contribution in [3.05, 3.63) is 53.5 Å². The molecule has 4 heteroatoms. The number of ether oxygens (including phenoxy) is 1. The fraction of sp³-hybridized carbons (Fsp3) is 0.389. The number of hydrogen-bond donors (Lipinski definition) is 1. The standard InChI is InChI=1S/C18H23NO3/c1-13-7-8-15(18(2,3)4)16(10-13)22-12-17(20)19-11-14-6-5-9-21-14/h5-10H,11-12H2,1-4H3,(H,19,20). The predicted octanol–water partition coefficient (Wildman–Crippen LogP) is 3.58. The fourth-order valence-corrected chi connectivity index (χ4v) is 2.16. The highest BCUT2D eigenvalue weighted by molar-refractivity contribution is 5.77. The minimum Gasteiger partial charge on any atom is -0.483 e. The number of carbonyl (C=O) groups is 1. The highest BCUT2D eigenvalue weighted by Crippen LogP contribution is 2.31. The lowest BCUT2D eigenvalue weighted by Gasteiger charge is -2.23. The highest BCUT2D eigenvalue weighted by Gasteiger charge is 2.19. The number of nitrogens with one attached hydrogen (secondary N) is 1. The molecule has 0 saturated carbocycles. The molecule has 0 spiro atoms. The Bertz CT molecular complexity index is 624. The van der Waals surface area contributed by atoms with Crippen molar-refractivity contribution in [3.63, 3.8) is 0 Å².